The first-order valence-corrected chi connectivity index (χ1v) is 5.23. The Morgan fingerprint density at radius 1 is 1.50 bits per heavy atom. The standard InChI is InChI=1S/C11H9ClFNO2/c12-6-10(15)9-5-11(16-14-9)7-3-1-2-4-8(7)13/h1-5,11,14H,6H2. The number of hydrogen-bond acceptors (Lipinski definition) is 3. The molecule has 0 saturated carbocycles. The van der Waals surface area contributed by atoms with Gasteiger partial charge < -0.3 is 0 Å². The van der Waals surface area contributed by atoms with Crippen LogP contribution in [0.1, 0.15) is 11.7 Å². The van der Waals surface area contributed by atoms with E-state index < -0.39 is 6.10 Å². The van der Waals surface area contributed by atoms with Gasteiger partial charge in [0.25, 0.3) is 0 Å². The summed E-state index contributed by atoms with van der Waals surface area (Å²) in [6.07, 6.45) is 0.923. The third-order valence-electron chi connectivity index (χ3n) is 2.25. The van der Waals surface area contributed by atoms with Crippen molar-refractivity contribution in [3.63, 3.8) is 0 Å². The largest absolute Gasteiger partial charge is 0.291 e. The number of nitrogens with one attached hydrogen (secondary N) is 1. The maximum Gasteiger partial charge on any atom is 0.195 e. The van der Waals surface area contributed by atoms with Crippen molar-refractivity contribution in [3.05, 3.63) is 47.4 Å². The molecule has 1 aliphatic rings. The molecule has 1 heterocycles. The van der Waals surface area contributed by atoms with Crippen LogP contribution >= 0.6 is 11.6 Å². The molecule has 16 heavy (non-hydrogen) atoms. The quantitative estimate of drug-likeness (QED) is 0.824. The summed E-state index contributed by atoms with van der Waals surface area (Å²) in [5, 5.41) is 0. The van der Waals surface area contributed by atoms with Crippen LogP contribution in [0.4, 0.5) is 4.39 Å². The van der Waals surface area contributed by atoms with E-state index in [9.17, 15) is 9.18 Å². The van der Waals surface area contributed by atoms with E-state index in [1.807, 2.05) is 0 Å². The molecule has 0 bridgehead atoms. The third-order valence-corrected chi connectivity index (χ3v) is 2.49. The van der Waals surface area contributed by atoms with Crippen LogP contribution in [0.15, 0.2) is 36.0 Å². The Hall–Kier alpha value is -1.39. The van der Waals surface area contributed by atoms with E-state index >= 15 is 0 Å². The number of ketones is 1. The van der Waals surface area contributed by atoms with Crippen LogP contribution in [-0.2, 0) is 9.63 Å². The zero-order valence-electron chi connectivity index (χ0n) is 8.24. The van der Waals surface area contributed by atoms with Gasteiger partial charge in [-0.3, -0.25) is 15.1 Å². The molecule has 0 saturated heterocycles. The monoisotopic (exact) mass is 241 g/mol. The summed E-state index contributed by atoms with van der Waals surface area (Å²) in [5.41, 5.74) is 3.09. The van der Waals surface area contributed by atoms with E-state index in [1.54, 1.807) is 18.2 Å². The number of hydroxylamine groups is 1. The van der Waals surface area contributed by atoms with Gasteiger partial charge in [-0.25, -0.2) is 4.39 Å². The highest BCUT2D eigenvalue weighted by Gasteiger charge is 2.23. The highest BCUT2D eigenvalue weighted by atomic mass is 35.5. The SMILES string of the molecule is O=C(CCl)C1=CC(c2ccccc2F)ON1. The van der Waals surface area contributed by atoms with Crippen molar-refractivity contribution < 1.29 is 14.0 Å². The van der Waals surface area contributed by atoms with Gasteiger partial charge in [0.1, 0.15) is 17.6 Å². The van der Waals surface area contributed by atoms with Gasteiger partial charge in [-0.05, 0) is 12.1 Å². The topological polar surface area (TPSA) is 38.3 Å². The minimum absolute atomic E-state index is 0.133. The van der Waals surface area contributed by atoms with Crippen molar-refractivity contribution in [2.45, 2.75) is 6.10 Å². The molecule has 0 radical (unpaired) electrons. The number of halogens is 2. The Bertz CT molecular complexity index is 447. The van der Waals surface area contributed by atoms with Gasteiger partial charge in [0.2, 0.25) is 0 Å². The molecule has 1 unspecified atom stereocenters. The van der Waals surface area contributed by atoms with Crippen molar-refractivity contribution in [1.82, 2.24) is 5.48 Å². The van der Waals surface area contributed by atoms with Gasteiger partial charge in [0.15, 0.2) is 5.78 Å². The Morgan fingerprint density at radius 3 is 2.94 bits per heavy atom. The van der Waals surface area contributed by atoms with Gasteiger partial charge in [0, 0.05) is 5.56 Å². The molecule has 3 nitrogen and oxygen atoms in total. The summed E-state index contributed by atoms with van der Waals surface area (Å²) >= 11 is 5.40. The van der Waals surface area contributed by atoms with Crippen LogP contribution in [0, 0.1) is 5.82 Å². The molecule has 2 rings (SSSR count). The highest BCUT2D eigenvalue weighted by Crippen LogP contribution is 2.26. The summed E-state index contributed by atoms with van der Waals surface area (Å²) in [6, 6.07) is 6.24. The molecule has 1 aliphatic heterocycles. The van der Waals surface area contributed by atoms with Crippen LogP contribution in [0.3, 0.4) is 0 Å². The molecule has 0 aromatic heterocycles. The summed E-state index contributed by atoms with van der Waals surface area (Å²) in [4.78, 5) is 16.3. The minimum atomic E-state index is -0.594. The summed E-state index contributed by atoms with van der Waals surface area (Å²) < 4.78 is 13.4. The molecule has 5 heteroatoms. The van der Waals surface area contributed by atoms with E-state index in [4.69, 9.17) is 16.4 Å². The van der Waals surface area contributed by atoms with Crippen molar-refractivity contribution in [2.75, 3.05) is 5.88 Å². The number of allylic oxidation sites excluding steroid dienone is 1. The fourth-order valence-corrected chi connectivity index (χ4v) is 1.57. The average molecular weight is 242 g/mol. The summed E-state index contributed by atoms with van der Waals surface area (Å²) in [7, 11) is 0. The number of carbonyl (C=O) groups excluding carboxylic acids is 1. The molecule has 0 spiro atoms. The molecular weight excluding hydrogens is 233 g/mol. The lowest BCUT2D eigenvalue weighted by Crippen LogP contribution is -2.16. The number of Topliss-reactive ketones (excluding diaryl/α,β-unsaturated/α-hetero) is 1. The van der Waals surface area contributed by atoms with Gasteiger partial charge in [-0.15, -0.1) is 11.6 Å². The second-order valence-electron chi connectivity index (χ2n) is 3.30. The number of benzene rings is 1. The predicted octanol–water partition coefficient (Wildman–Crippen LogP) is 2.09. The lowest BCUT2D eigenvalue weighted by Gasteiger charge is -2.07. The Labute approximate surface area is 96.8 Å². The average Bonchev–Trinajstić information content (AvgIpc) is 2.78. The second kappa shape index (κ2) is 4.63. The number of alkyl halides is 1. The second-order valence-corrected chi connectivity index (χ2v) is 3.57. The van der Waals surface area contributed by atoms with Gasteiger partial charge in [0.05, 0.1) is 5.88 Å². The lowest BCUT2D eigenvalue weighted by molar-refractivity contribution is -0.114. The summed E-state index contributed by atoms with van der Waals surface area (Å²) in [5.74, 6) is -0.780. The molecular formula is C11H9ClFNO2. The molecule has 0 fully saturated rings. The molecule has 1 aromatic carbocycles. The predicted molar refractivity (Wildman–Crippen MR) is 57.2 cm³/mol. The first-order valence-electron chi connectivity index (χ1n) is 4.69. The molecule has 0 amide bonds. The van der Waals surface area contributed by atoms with E-state index in [-0.39, 0.29) is 23.2 Å². The normalized spacial score (nSPS) is 19.1. The van der Waals surface area contributed by atoms with Crippen LogP contribution in [0.25, 0.3) is 0 Å². The fraction of sp³-hybridized carbons (Fsp3) is 0.182. The number of rotatable bonds is 3. The molecule has 84 valence electrons. The zero-order chi connectivity index (χ0) is 11.5. The molecule has 1 N–H and O–H groups in total. The third kappa shape index (κ3) is 2.08. The van der Waals surface area contributed by atoms with E-state index in [0.29, 0.717) is 5.56 Å². The Kier molecular flexibility index (Phi) is 3.22. The van der Waals surface area contributed by atoms with Crippen molar-refractivity contribution in [2.24, 2.45) is 0 Å². The van der Waals surface area contributed by atoms with Gasteiger partial charge >= 0.3 is 0 Å². The maximum atomic E-state index is 13.4. The van der Waals surface area contributed by atoms with E-state index in [1.165, 1.54) is 12.1 Å². The van der Waals surface area contributed by atoms with Crippen LogP contribution in [0.2, 0.25) is 0 Å². The number of hydrogen-bond donors (Lipinski definition) is 1. The van der Waals surface area contributed by atoms with Crippen molar-refractivity contribution in [3.8, 4) is 0 Å². The Morgan fingerprint density at radius 2 is 2.25 bits per heavy atom. The van der Waals surface area contributed by atoms with Crippen molar-refractivity contribution >= 4 is 17.4 Å². The van der Waals surface area contributed by atoms with Crippen molar-refractivity contribution in [1.29, 1.82) is 0 Å². The Balaban J connectivity index is 2.23. The zero-order valence-corrected chi connectivity index (χ0v) is 9.00. The van der Waals surface area contributed by atoms with Crippen LogP contribution in [-0.4, -0.2) is 11.7 Å². The molecule has 1 atom stereocenters. The smallest absolute Gasteiger partial charge is 0.195 e. The molecule has 1 aromatic rings. The molecule has 0 aliphatic carbocycles. The maximum absolute atomic E-state index is 13.4. The van der Waals surface area contributed by atoms with Crippen LogP contribution in [0.5, 0.6) is 0 Å². The van der Waals surface area contributed by atoms with Gasteiger partial charge in [-0.1, -0.05) is 18.2 Å². The first kappa shape index (κ1) is 11.1. The first-order chi connectivity index (χ1) is 7.72. The summed E-state index contributed by atoms with van der Waals surface area (Å²) in [6.45, 7) is 0. The van der Waals surface area contributed by atoms with E-state index in [2.05, 4.69) is 5.48 Å². The van der Waals surface area contributed by atoms with Gasteiger partial charge in [-0.2, -0.15) is 0 Å². The minimum Gasteiger partial charge on any atom is -0.291 e. The van der Waals surface area contributed by atoms with Crippen LogP contribution < -0.4 is 5.48 Å². The number of carbonyl (C=O) groups is 1. The van der Waals surface area contributed by atoms with E-state index in [0.717, 1.165) is 0 Å². The lowest BCUT2D eigenvalue weighted by atomic mass is 10.1. The highest BCUT2D eigenvalue weighted by molar-refractivity contribution is 6.30. The fourth-order valence-electron chi connectivity index (χ4n) is 1.43.